The van der Waals surface area contributed by atoms with Crippen molar-refractivity contribution in [2.45, 2.75) is 25.9 Å². The van der Waals surface area contributed by atoms with Gasteiger partial charge in [-0.25, -0.2) is 4.98 Å². The molecule has 8 nitrogen and oxygen atoms in total. The Kier molecular flexibility index (Phi) is 5.88. The summed E-state index contributed by atoms with van der Waals surface area (Å²) in [5.41, 5.74) is 1.70. The molecule has 3 heterocycles. The third-order valence-corrected chi connectivity index (χ3v) is 4.91. The minimum atomic E-state index is -0.0466. The van der Waals surface area contributed by atoms with Crippen LogP contribution in [-0.4, -0.2) is 51.3 Å². The van der Waals surface area contributed by atoms with E-state index < -0.39 is 0 Å². The molecule has 1 atom stereocenters. The lowest BCUT2D eigenvalue weighted by atomic mass is 10.1. The summed E-state index contributed by atoms with van der Waals surface area (Å²) in [5, 5.41) is 8.09. The second-order valence-electron chi connectivity index (χ2n) is 6.71. The minimum absolute atomic E-state index is 0. The fraction of sp³-hybridized carbons (Fsp3) is 0.444. The molecule has 1 aliphatic rings. The van der Waals surface area contributed by atoms with Crippen LogP contribution in [0.1, 0.15) is 23.3 Å². The number of para-hydroxylation sites is 1. The molecule has 2 aromatic heterocycles. The summed E-state index contributed by atoms with van der Waals surface area (Å²) >= 11 is 0. The predicted molar refractivity (Wildman–Crippen MR) is 104 cm³/mol. The molecule has 0 spiro atoms. The molecule has 1 aliphatic heterocycles. The zero-order valence-corrected chi connectivity index (χ0v) is 16.2. The summed E-state index contributed by atoms with van der Waals surface area (Å²) in [7, 11) is 2.06. The van der Waals surface area contributed by atoms with Crippen LogP contribution in [0.15, 0.2) is 33.8 Å². The van der Waals surface area contributed by atoms with E-state index in [-0.39, 0.29) is 24.0 Å². The van der Waals surface area contributed by atoms with Crippen LogP contribution >= 0.6 is 12.4 Å². The number of aromatic nitrogens is 4. The molecular weight excluding hydrogens is 368 g/mol. The number of nitrogens with one attached hydrogen (secondary N) is 1. The Hall–Kier alpha value is -2.29. The molecule has 4 rings (SSSR count). The van der Waals surface area contributed by atoms with Crippen LogP contribution < -0.4 is 10.9 Å². The Bertz CT molecular complexity index is 985. The molecule has 27 heavy (non-hydrogen) atoms. The summed E-state index contributed by atoms with van der Waals surface area (Å²) in [6.45, 7) is 5.14. The molecule has 1 saturated heterocycles. The van der Waals surface area contributed by atoms with Crippen molar-refractivity contribution in [3.05, 3.63) is 52.2 Å². The van der Waals surface area contributed by atoms with E-state index in [9.17, 15) is 4.79 Å². The Morgan fingerprint density at radius 3 is 3.04 bits per heavy atom. The smallest absolute Gasteiger partial charge is 0.261 e. The maximum Gasteiger partial charge on any atom is 0.261 e. The van der Waals surface area contributed by atoms with Gasteiger partial charge in [-0.05, 0) is 25.6 Å². The summed E-state index contributed by atoms with van der Waals surface area (Å²) in [6.07, 6.45) is 2.09. The number of aryl methyl sites for hydroxylation is 3. The number of hydrogen-bond acceptors (Lipinski definition) is 7. The van der Waals surface area contributed by atoms with Gasteiger partial charge >= 0.3 is 0 Å². The van der Waals surface area contributed by atoms with Crippen LogP contribution in [0, 0.1) is 6.92 Å². The lowest BCUT2D eigenvalue weighted by Crippen LogP contribution is -2.44. The topological polar surface area (TPSA) is 89.1 Å². The number of nitrogens with zero attached hydrogens (tertiary/aromatic N) is 5. The molecule has 1 fully saturated rings. The zero-order valence-electron chi connectivity index (χ0n) is 15.4. The van der Waals surface area contributed by atoms with Crippen LogP contribution in [0.2, 0.25) is 0 Å². The molecule has 0 bridgehead atoms. The first-order valence-corrected chi connectivity index (χ1v) is 8.81. The SMILES string of the molecule is Cc1cccc2c(=O)n(CCc3nc(C4CNCCN4C)no3)cnc12.Cl. The van der Waals surface area contributed by atoms with Crippen molar-refractivity contribution in [3.8, 4) is 0 Å². The highest BCUT2D eigenvalue weighted by Crippen LogP contribution is 2.18. The zero-order chi connectivity index (χ0) is 18.1. The van der Waals surface area contributed by atoms with Gasteiger partial charge in [-0.2, -0.15) is 4.98 Å². The van der Waals surface area contributed by atoms with E-state index in [0.717, 1.165) is 30.7 Å². The normalized spacial score (nSPS) is 17.8. The fourth-order valence-corrected chi connectivity index (χ4v) is 3.31. The first kappa shape index (κ1) is 19.5. The summed E-state index contributed by atoms with van der Waals surface area (Å²) in [5.74, 6) is 1.23. The number of hydrogen-bond donors (Lipinski definition) is 1. The molecule has 0 aliphatic carbocycles. The number of benzene rings is 1. The molecule has 144 valence electrons. The first-order valence-electron chi connectivity index (χ1n) is 8.81. The lowest BCUT2D eigenvalue weighted by Gasteiger charge is -2.30. The standard InChI is InChI=1S/C18H22N6O2.ClH/c1-12-4-3-5-13-16(12)20-11-24(18(13)25)8-6-15-21-17(22-26-15)14-10-19-7-9-23(14)2;/h3-5,11,14,19H,6-10H2,1-2H3;1H. The molecule has 0 amide bonds. The molecule has 9 heteroatoms. The van der Waals surface area contributed by atoms with Crippen molar-refractivity contribution in [3.63, 3.8) is 0 Å². The second kappa shape index (κ2) is 8.16. The monoisotopic (exact) mass is 390 g/mol. The van der Waals surface area contributed by atoms with Crippen LogP contribution in [0.4, 0.5) is 0 Å². The average Bonchev–Trinajstić information content (AvgIpc) is 3.11. The molecule has 1 N–H and O–H groups in total. The van der Waals surface area contributed by atoms with Gasteiger partial charge in [-0.3, -0.25) is 14.3 Å². The molecule has 0 saturated carbocycles. The van der Waals surface area contributed by atoms with Crippen molar-refractivity contribution < 1.29 is 4.52 Å². The van der Waals surface area contributed by atoms with Gasteiger partial charge in [0.1, 0.15) is 0 Å². The van der Waals surface area contributed by atoms with Gasteiger partial charge in [0.2, 0.25) is 5.89 Å². The molecule has 1 aromatic carbocycles. The van der Waals surface area contributed by atoms with Crippen LogP contribution in [0.5, 0.6) is 0 Å². The maximum absolute atomic E-state index is 12.6. The largest absolute Gasteiger partial charge is 0.339 e. The van der Waals surface area contributed by atoms with E-state index in [1.54, 1.807) is 10.9 Å². The van der Waals surface area contributed by atoms with Crippen LogP contribution in [0.25, 0.3) is 10.9 Å². The van der Waals surface area contributed by atoms with Gasteiger partial charge in [-0.15, -0.1) is 12.4 Å². The molecular formula is C18H23ClN6O2. The summed E-state index contributed by atoms with van der Waals surface area (Å²) in [4.78, 5) is 23.8. The van der Waals surface area contributed by atoms with Gasteiger partial charge in [0.05, 0.1) is 23.3 Å². The van der Waals surface area contributed by atoms with Crippen LogP contribution in [-0.2, 0) is 13.0 Å². The Morgan fingerprint density at radius 1 is 1.37 bits per heavy atom. The molecule has 1 unspecified atom stereocenters. The summed E-state index contributed by atoms with van der Waals surface area (Å²) in [6, 6.07) is 5.76. The van der Waals surface area contributed by atoms with Crippen molar-refractivity contribution >= 4 is 23.3 Å². The van der Waals surface area contributed by atoms with E-state index in [4.69, 9.17) is 4.52 Å². The lowest BCUT2D eigenvalue weighted by molar-refractivity contribution is 0.190. The van der Waals surface area contributed by atoms with Gasteiger partial charge in [0.15, 0.2) is 5.82 Å². The van der Waals surface area contributed by atoms with Crippen LogP contribution in [0.3, 0.4) is 0 Å². The minimum Gasteiger partial charge on any atom is -0.339 e. The van der Waals surface area contributed by atoms with Gasteiger partial charge in [0.25, 0.3) is 5.56 Å². The average molecular weight is 391 g/mol. The number of rotatable bonds is 4. The van der Waals surface area contributed by atoms with Crippen molar-refractivity contribution in [2.24, 2.45) is 0 Å². The van der Waals surface area contributed by atoms with Gasteiger partial charge < -0.3 is 9.84 Å². The number of fused-ring (bicyclic) bond motifs is 1. The van der Waals surface area contributed by atoms with E-state index in [1.807, 2.05) is 25.1 Å². The fourth-order valence-electron chi connectivity index (χ4n) is 3.31. The predicted octanol–water partition coefficient (Wildman–Crippen LogP) is 1.33. The highest BCUT2D eigenvalue weighted by molar-refractivity contribution is 5.85. The third-order valence-electron chi connectivity index (χ3n) is 4.91. The Balaban J connectivity index is 0.00000210. The number of piperazine rings is 1. The van der Waals surface area contributed by atoms with Gasteiger partial charge in [-0.1, -0.05) is 17.3 Å². The quantitative estimate of drug-likeness (QED) is 0.718. The van der Waals surface area contributed by atoms with E-state index >= 15 is 0 Å². The highest BCUT2D eigenvalue weighted by Gasteiger charge is 2.25. The Morgan fingerprint density at radius 2 is 2.22 bits per heavy atom. The maximum atomic E-state index is 12.6. The van der Waals surface area contributed by atoms with Crippen molar-refractivity contribution in [1.29, 1.82) is 0 Å². The summed E-state index contributed by atoms with van der Waals surface area (Å²) < 4.78 is 6.98. The molecule has 3 aromatic rings. The van der Waals surface area contributed by atoms with E-state index in [1.165, 1.54) is 0 Å². The van der Waals surface area contributed by atoms with E-state index in [2.05, 4.69) is 32.4 Å². The number of likely N-dealkylation sites (N-methyl/N-ethyl adjacent to an activating group) is 1. The van der Waals surface area contributed by atoms with Crippen molar-refractivity contribution in [2.75, 3.05) is 26.7 Å². The van der Waals surface area contributed by atoms with Crippen molar-refractivity contribution in [1.82, 2.24) is 29.9 Å². The Labute approximate surface area is 163 Å². The number of halogens is 1. The highest BCUT2D eigenvalue weighted by atomic mass is 35.5. The van der Waals surface area contributed by atoms with E-state index in [0.29, 0.717) is 30.1 Å². The molecule has 0 radical (unpaired) electrons. The van der Waals surface area contributed by atoms with Gasteiger partial charge in [0, 0.05) is 32.6 Å². The third kappa shape index (κ3) is 3.87. The second-order valence-corrected chi connectivity index (χ2v) is 6.71. The first-order chi connectivity index (χ1) is 12.6.